The highest BCUT2D eigenvalue weighted by atomic mass is 35.5. The number of aromatic nitrogens is 1. The van der Waals surface area contributed by atoms with Crippen LogP contribution in [0.25, 0.3) is 32.1 Å². The van der Waals surface area contributed by atoms with Crippen LogP contribution in [0, 0.1) is 34.3 Å². The average molecular weight is 692 g/mol. The maximum Gasteiger partial charge on any atom is 0.234 e. The number of ether oxygens (including phenoxy) is 2. The number of likely N-dealkylation sites (tertiary alicyclic amines) is 2. The van der Waals surface area contributed by atoms with Gasteiger partial charge in [0.05, 0.1) is 32.9 Å². The molecule has 0 radical (unpaired) electrons. The van der Waals surface area contributed by atoms with Gasteiger partial charge in [0.25, 0.3) is 0 Å². The molecule has 10 nitrogen and oxygen atoms in total. The summed E-state index contributed by atoms with van der Waals surface area (Å²) in [5, 5.41) is 21.0. The number of fused-ring (bicyclic) bond motifs is 1. The summed E-state index contributed by atoms with van der Waals surface area (Å²) in [7, 11) is 2.01. The third-order valence-electron chi connectivity index (χ3n) is 9.85. The molecule has 3 atom stereocenters. The number of benzene rings is 2. The molecule has 0 aliphatic carbocycles. The molecule has 5 heterocycles. The minimum absolute atomic E-state index is 0.0151. The van der Waals surface area contributed by atoms with E-state index >= 15 is 8.78 Å². The maximum absolute atomic E-state index is 17.3. The predicted molar refractivity (Wildman–Crippen MR) is 181 cm³/mol. The van der Waals surface area contributed by atoms with Crippen molar-refractivity contribution in [3.05, 3.63) is 39.9 Å². The van der Waals surface area contributed by atoms with Gasteiger partial charge < -0.3 is 25.0 Å². The molecule has 3 aliphatic rings. The van der Waals surface area contributed by atoms with Gasteiger partial charge in [0.15, 0.2) is 5.82 Å². The van der Waals surface area contributed by atoms with E-state index in [2.05, 4.69) is 16.0 Å². The Kier molecular flexibility index (Phi) is 8.18. The lowest BCUT2D eigenvalue weighted by molar-refractivity contribution is -0.127. The van der Waals surface area contributed by atoms with E-state index < -0.39 is 11.6 Å². The van der Waals surface area contributed by atoms with Crippen LogP contribution < -0.4 is 20.1 Å². The summed E-state index contributed by atoms with van der Waals surface area (Å²) < 4.78 is 45.1. The van der Waals surface area contributed by atoms with E-state index in [1.54, 1.807) is 4.90 Å². The van der Waals surface area contributed by atoms with Crippen molar-refractivity contribution in [3.63, 3.8) is 0 Å². The SMILES string of the molecule is CC(=O)N1CCC(N2CCOc3c(Cl)c(-c4ccc(F)c5sc(N)c(C#N)c45)c(F)c4nc(O[C@@H](C)[C@@H]5CCCN5C)c(C#N)c2c34)C1. The largest absolute Gasteiger partial charge is 0.489 e. The molecule has 2 aromatic heterocycles. The number of thiophene rings is 1. The van der Waals surface area contributed by atoms with Crippen LogP contribution in [0.2, 0.25) is 5.02 Å². The Morgan fingerprint density at radius 2 is 1.96 bits per heavy atom. The van der Waals surface area contributed by atoms with Gasteiger partial charge in [0.1, 0.15) is 52.5 Å². The molecule has 248 valence electrons. The topological polar surface area (TPSA) is 132 Å². The molecule has 0 spiro atoms. The summed E-state index contributed by atoms with van der Waals surface area (Å²) in [5.41, 5.74) is 6.49. The summed E-state index contributed by atoms with van der Waals surface area (Å²) in [6.45, 7) is 5.73. The first kappa shape index (κ1) is 32.1. The van der Waals surface area contributed by atoms with E-state index in [0.29, 0.717) is 31.7 Å². The number of pyridine rings is 1. The van der Waals surface area contributed by atoms with Gasteiger partial charge >= 0.3 is 0 Å². The van der Waals surface area contributed by atoms with Crippen molar-refractivity contribution in [1.29, 1.82) is 10.5 Å². The molecule has 0 saturated carbocycles. The number of nitrogens with two attached hydrogens (primary N) is 1. The van der Waals surface area contributed by atoms with Gasteiger partial charge in [-0.15, -0.1) is 11.3 Å². The van der Waals surface area contributed by atoms with Gasteiger partial charge in [0.2, 0.25) is 11.8 Å². The zero-order chi connectivity index (χ0) is 34.0. The molecular formula is C34H32ClF2N7O3S. The van der Waals surface area contributed by atoms with Gasteiger partial charge in [-0.25, -0.2) is 13.8 Å². The minimum atomic E-state index is -0.844. The van der Waals surface area contributed by atoms with Crippen molar-refractivity contribution in [3.8, 4) is 34.9 Å². The second-order valence-electron chi connectivity index (χ2n) is 12.5. The van der Waals surface area contributed by atoms with Crippen LogP contribution in [-0.2, 0) is 4.79 Å². The Hall–Kier alpha value is -4.43. The lowest BCUT2D eigenvalue weighted by atomic mass is 9.95. The van der Waals surface area contributed by atoms with Crippen molar-refractivity contribution in [2.45, 2.75) is 51.3 Å². The number of carbonyl (C=O) groups is 1. The molecule has 3 aliphatic heterocycles. The minimum Gasteiger partial charge on any atom is -0.489 e. The number of carbonyl (C=O) groups excluding carboxylic acids is 1. The van der Waals surface area contributed by atoms with Crippen LogP contribution in [-0.4, -0.2) is 78.7 Å². The number of halogens is 3. The highest BCUT2D eigenvalue weighted by Crippen LogP contribution is 2.52. The number of nitriles is 2. The zero-order valence-electron chi connectivity index (χ0n) is 26.6. The van der Waals surface area contributed by atoms with E-state index in [9.17, 15) is 15.3 Å². The number of nitrogens with zero attached hydrogens (tertiary/aromatic N) is 6. The fraction of sp³-hybridized carbons (Fsp3) is 0.412. The van der Waals surface area contributed by atoms with Gasteiger partial charge in [-0.1, -0.05) is 17.7 Å². The molecule has 2 N–H and O–H groups in total. The summed E-state index contributed by atoms with van der Waals surface area (Å²) >= 11 is 7.95. The first-order valence-electron chi connectivity index (χ1n) is 15.8. The number of amides is 1. The van der Waals surface area contributed by atoms with Crippen LogP contribution >= 0.6 is 22.9 Å². The monoisotopic (exact) mass is 691 g/mol. The van der Waals surface area contributed by atoms with Crippen molar-refractivity contribution >= 4 is 60.5 Å². The van der Waals surface area contributed by atoms with Gasteiger partial charge in [-0.05, 0) is 51.4 Å². The molecule has 4 aromatic rings. The highest BCUT2D eigenvalue weighted by Gasteiger charge is 2.38. The maximum atomic E-state index is 17.3. The molecule has 14 heteroatoms. The standard InChI is InChI=1S/C34H32ClF2N7O3S/c1-16(23-5-4-9-42(23)3)47-34-21(14-39)30-26-29(41-34)28(37)25(19-6-7-22(36)32-24(19)20(13-38)33(40)48-32)27(35)31(26)46-12-11-44(30)18-8-10-43(15-18)17(2)45/h6-7,16,18,23H,4-5,8-12,15,40H2,1-3H3/t16-,18?,23-/m0/s1. The summed E-state index contributed by atoms with van der Waals surface area (Å²) in [4.78, 5) is 22.9. The van der Waals surface area contributed by atoms with Crippen LogP contribution in [0.3, 0.4) is 0 Å². The lowest BCUT2D eigenvalue weighted by Crippen LogP contribution is -2.41. The molecular weight excluding hydrogens is 660 g/mol. The average Bonchev–Trinajstić information content (AvgIpc) is 3.77. The van der Waals surface area contributed by atoms with E-state index in [1.165, 1.54) is 19.1 Å². The third kappa shape index (κ3) is 4.95. The van der Waals surface area contributed by atoms with Gasteiger partial charge in [-0.3, -0.25) is 9.69 Å². The summed E-state index contributed by atoms with van der Waals surface area (Å²) in [5.74, 6) is -1.42. The number of hydrogen-bond acceptors (Lipinski definition) is 10. The highest BCUT2D eigenvalue weighted by molar-refractivity contribution is 7.23. The molecule has 1 unspecified atom stereocenters. The quantitative estimate of drug-likeness (QED) is 0.266. The van der Waals surface area contributed by atoms with Gasteiger partial charge in [0, 0.05) is 43.0 Å². The van der Waals surface area contributed by atoms with Crippen LogP contribution in [0.1, 0.15) is 44.2 Å². The van der Waals surface area contributed by atoms with Crippen molar-refractivity contribution in [2.75, 3.05) is 50.5 Å². The Labute approximate surface area is 284 Å². The Morgan fingerprint density at radius 1 is 1.19 bits per heavy atom. The molecule has 1 amide bonds. The first-order valence-corrected chi connectivity index (χ1v) is 17.0. The second-order valence-corrected chi connectivity index (χ2v) is 14.0. The number of nitrogen functional groups attached to an aromatic ring is 1. The molecule has 2 aromatic carbocycles. The predicted octanol–water partition coefficient (Wildman–Crippen LogP) is 6.05. The number of rotatable bonds is 5. The summed E-state index contributed by atoms with van der Waals surface area (Å²) in [6, 6.07) is 6.73. The second kappa shape index (κ2) is 12.2. The molecule has 7 rings (SSSR count). The molecule has 48 heavy (non-hydrogen) atoms. The molecule has 2 fully saturated rings. The first-order chi connectivity index (χ1) is 23.0. The smallest absolute Gasteiger partial charge is 0.234 e. The van der Waals surface area contributed by atoms with Crippen LogP contribution in [0.5, 0.6) is 11.6 Å². The van der Waals surface area contributed by atoms with Crippen molar-refractivity contribution < 1.29 is 23.0 Å². The third-order valence-corrected chi connectivity index (χ3v) is 11.2. The Balaban J connectivity index is 1.52. The van der Waals surface area contributed by atoms with Crippen molar-refractivity contribution in [2.24, 2.45) is 0 Å². The number of likely N-dealkylation sites (N-methyl/N-ethyl adjacent to an activating group) is 1. The Bertz CT molecular complexity index is 2090. The van der Waals surface area contributed by atoms with E-state index in [0.717, 1.165) is 30.7 Å². The lowest BCUT2D eigenvalue weighted by Gasteiger charge is -2.32. The summed E-state index contributed by atoms with van der Waals surface area (Å²) in [6.07, 6.45) is 2.14. The Morgan fingerprint density at radius 3 is 2.62 bits per heavy atom. The normalized spacial score (nSPS) is 20.1. The molecule has 0 bridgehead atoms. The van der Waals surface area contributed by atoms with Crippen LogP contribution in [0.4, 0.5) is 19.5 Å². The van der Waals surface area contributed by atoms with Crippen molar-refractivity contribution in [1.82, 2.24) is 14.8 Å². The fourth-order valence-corrected chi connectivity index (χ4v) is 8.79. The van der Waals surface area contributed by atoms with E-state index in [-0.39, 0.29) is 95.6 Å². The van der Waals surface area contributed by atoms with E-state index in [1.807, 2.05) is 24.9 Å². The van der Waals surface area contributed by atoms with Crippen LogP contribution in [0.15, 0.2) is 12.1 Å². The number of anilines is 2. The zero-order valence-corrected chi connectivity index (χ0v) is 28.1. The number of hydrogen-bond donors (Lipinski definition) is 1. The van der Waals surface area contributed by atoms with E-state index in [4.69, 9.17) is 26.8 Å². The fourth-order valence-electron chi connectivity index (χ4n) is 7.51. The molecule has 2 saturated heterocycles. The van der Waals surface area contributed by atoms with Gasteiger partial charge in [-0.2, -0.15) is 10.5 Å².